The number of rotatable bonds is 1. The van der Waals surface area contributed by atoms with Gasteiger partial charge in [0.1, 0.15) is 4.60 Å². The van der Waals surface area contributed by atoms with Gasteiger partial charge in [-0.3, -0.25) is 5.84 Å². The van der Waals surface area contributed by atoms with Crippen molar-refractivity contribution in [1.82, 2.24) is 9.99 Å². The Morgan fingerprint density at radius 1 is 1.44 bits per heavy atom. The van der Waals surface area contributed by atoms with Gasteiger partial charge in [0.25, 0.3) is 0 Å². The second-order valence-electron chi connectivity index (χ2n) is 4.14. The standard InChI is InChI=1S/C11H15BrFN3/c12-11-9(13)6-8(7-15-11)10-4-2-1-3-5-16(10)14/h6-7,10H,1-5,14H2/t10-/m1/s1. The van der Waals surface area contributed by atoms with Gasteiger partial charge in [-0.05, 0) is 40.4 Å². The lowest BCUT2D eigenvalue weighted by Gasteiger charge is -2.25. The van der Waals surface area contributed by atoms with Gasteiger partial charge in [-0.2, -0.15) is 0 Å². The van der Waals surface area contributed by atoms with Crippen LogP contribution in [0.4, 0.5) is 4.39 Å². The first-order chi connectivity index (χ1) is 7.68. The fourth-order valence-corrected chi connectivity index (χ4v) is 2.32. The summed E-state index contributed by atoms with van der Waals surface area (Å²) in [5.41, 5.74) is 0.866. The van der Waals surface area contributed by atoms with E-state index in [2.05, 4.69) is 20.9 Å². The van der Waals surface area contributed by atoms with Crippen molar-refractivity contribution < 1.29 is 4.39 Å². The van der Waals surface area contributed by atoms with Crippen molar-refractivity contribution in [3.05, 3.63) is 28.2 Å². The van der Waals surface area contributed by atoms with Crippen molar-refractivity contribution in [3.63, 3.8) is 0 Å². The fourth-order valence-electron chi connectivity index (χ4n) is 2.11. The lowest BCUT2D eigenvalue weighted by atomic mass is 10.0. The average molecular weight is 288 g/mol. The molecule has 0 spiro atoms. The molecule has 3 nitrogen and oxygen atoms in total. The third kappa shape index (κ3) is 2.59. The van der Waals surface area contributed by atoms with Crippen molar-refractivity contribution in [2.24, 2.45) is 5.84 Å². The molecule has 16 heavy (non-hydrogen) atoms. The zero-order valence-corrected chi connectivity index (χ0v) is 10.6. The van der Waals surface area contributed by atoms with Gasteiger partial charge < -0.3 is 0 Å². The Morgan fingerprint density at radius 3 is 3.00 bits per heavy atom. The molecule has 88 valence electrons. The number of hydrogen-bond donors (Lipinski definition) is 1. The lowest BCUT2D eigenvalue weighted by Crippen LogP contribution is -2.35. The number of hydrogen-bond acceptors (Lipinski definition) is 3. The molecule has 0 aromatic carbocycles. The predicted molar refractivity (Wildman–Crippen MR) is 64.0 cm³/mol. The summed E-state index contributed by atoms with van der Waals surface area (Å²) in [7, 11) is 0. The van der Waals surface area contributed by atoms with E-state index < -0.39 is 0 Å². The summed E-state index contributed by atoms with van der Waals surface area (Å²) in [6.07, 6.45) is 6.11. The van der Waals surface area contributed by atoms with E-state index in [0.29, 0.717) is 0 Å². The van der Waals surface area contributed by atoms with Crippen LogP contribution in [-0.4, -0.2) is 16.5 Å². The molecule has 0 bridgehead atoms. The average Bonchev–Trinajstić information content (AvgIpc) is 2.47. The van der Waals surface area contributed by atoms with Crippen LogP contribution >= 0.6 is 15.9 Å². The van der Waals surface area contributed by atoms with E-state index in [1.165, 1.54) is 12.5 Å². The fraction of sp³-hybridized carbons (Fsp3) is 0.545. The Morgan fingerprint density at radius 2 is 2.25 bits per heavy atom. The summed E-state index contributed by atoms with van der Waals surface area (Å²) >= 11 is 3.05. The molecule has 2 heterocycles. The molecule has 2 rings (SSSR count). The van der Waals surface area contributed by atoms with Crippen LogP contribution in [0, 0.1) is 5.82 Å². The van der Waals surface area contributed by atoms with E-state index in [-0.39, 0.29) is 16.5 Å². The van der Waals surface area contributed by atoms with Crippen molar-refractivity contribution in [3.8, 4) is 0 Å². The molecular weight excluding hydrogens is 273 g/mol. The summed E-state index contributed by atoms with van der Waals surface area (Å²) in [4.78, 5) is 3.98. The van der Waals surface area contributed by atoms with E-state index in [9.17, 15) is 4.39 Å². The predicted octanol–water partition coefficient (Wildman–Crippen LogP) is 2.77. The molecule has 1 aliphatic rings. The van der Waals surface area contributed by atoms with Gasteiger partial charge in [-0.1, -0.05) is 12.8 Å². The van der Waals surface area contributed by atoms with Crippen molar-refractivity contribution in [2.75, 3.05) is 6.54 Å². The van der Waals surface area contributed by atoms with Crippen LogP contribution in [-0.2, 0) is 0 Å². The molecule has 1 aliphatic heterocycles. The maximum absolute atomic E-state index is 13.4. The Labute approximate surface area is 103 Å². The Hall–Kier alpha value is -0.520. The van der Waals surface area contributed by atoms with E-state index in [4.69, 9.17) is 5.84 Å². The molecule has 0 saturated carbocycles. The molecule has 1 atom stereocenters. The summed E-state index contributed by atoms with van der Waals surface area (Å²) in [5.74, 6) is 5.65. The highest BCUT2D eigenvalue weighted by Crippen LogP contribution is 2.28. The molecule has 1 aromatic heterocycles. The van der Waals surface area contributed by atoms with Crippen LogP contribution in [0.25, 0.3) is 0 Å². The van der Waals surface area contributed by atoms with Crippen LogP contribution in [0.3, 0.4) is 0 Å². The second kappa shape index (κ2) is 5.21. The molecule has 1 aromatic rings. The smallest absolute Gasteiger partial charge is 0.156 e. The maximum atomic E-state index is 13.4. The van der Waals surface area contributed by atoms with Crippen molar-refractivity contribution in [1.29, 1.82) is 0 Å². The molecule has 1 fully saturated rings. The first-order valence-corrected chi connectivity index (χ1v) is 6.30. The number of halogens is 2. The van der Waals surface area contributed by atoms with Crippen molar-refractivity contribution >= 4 is 15.9 Å². The number of pyridine rings is 1. The van der Waals surface area contributed by atoms with Crippen LogP contribution in [0.1, 0.15) is 37.3 Å². The second-order valence-corrected chi connectivity index (χ2v) is 4.90. The molecule has 0 radical (unpaired) electrons. The minimum Gasteiger partial charge on any atom is -0.268 e. The highest BCUT2D eigenvalue weighted by Gasteiger charge is 2.21. The summed E-state index contributed by atoms with van der Waals surface area (Å²) < 4.78 is 13.7. The number of hydrazine groups is 1. The van der Waals surface area contributed by atoms with E-state index in [0.717, 1.165) is 31.4 Å². The molecule has 5 heteroatoms. The molecule has 0 unspecified atom stereocenters. The largest absolute Gasteiger partial charge is 0.268 e. The summed E-state index contributed by atoms with van der Waals surface area (Å²) in [6.45, 7) is 0.863. The Bertz CT molecular complexity index is 372. The zero-order valence-electron chi connectivity index (χ0n) is 9.00. The lowest BCUT2D eigenvalue weighted by molar-refractivity contribution is 0.206. The molecular formula is C11H15BrFN3. The summed E-state index contributed by atoms with van der Waals surface area (Å²) in [5, 5.41) is 1.80. The van der Waals surface area contributed by atoms with E-state index in [1.807, 2.05) is 0 Å². The van der Waals surface area contributed by atoms with Gasteiger partial charge in [0.2, 0.25) is 0 Å². The molecule has 1 saturated heterocycles. The van der Waals surface area contributed by atoms with Crippen LogP contribution in [0.15, 0.2) is 16.9 Å². The first-order valence-electron chi connectivity index (χ1n) is 5.51. The maximum Gasteiger partial charge on any atom is 0.156 e. The number of nitrogens with zero attached hydrogens (tertiary/aromatic N) is 2. The van der Waals surface area contributed by atoms with Gasteiger partial charge in [0.15, 0.2) is 5.82 Å². The Kier molecular flexibility index (Phi) is 3.89. The quantitative estimate of drug-likeness (QED) is 0.638. The van der Waals surface area contributed by atoms with Gasteiger partial charge in [-0.25, -0.2) is 14.4 Å². The van der Waals surface area contributed by atoms with E-state index >= 15 is 0 Å². The number of nitrogens with two attached hydrogens (primary N) is 1. The highest BCUT2D eigenvalue weighted by atomic mass is 79.9. The number of aromatic nitrogens is 1. The zero-order chi connectivity index (χ0) is 11.5. The molecule has 2 N–H and O–H groups in total. The first kappa shape index (κ1) is 12.0. The molecule has 0 amide bonds. The minimum absolute atomic E-state index is 0.0950. The van der Waals surface area contributed by atoms with Crippen LogP contribution < -0.4 is 5.84 Å². The SMILES string of the molecule is NN1CCCCC[C@@H]1c1cnc(Br)c(F)c1. The van der Waals surface area contributed by atoms with Gasteiger partial charge >= 0.3 is 0 Å². The topological polar surface area (TPSA) is 42.1 Å². The van der Waals surface area contributed by atoms with Gasteiger partial charge in [0.05, 0.1) is 6.04 Å². The summed E-state index contributed by atoms with van der Waals surface area (Å²) in [6, 6.07) is 1.62. The van der Waals surface area contributed by atoms with E-state index in [1.54, 1.807) is 11.2 Å². The van der Waals surface area contributed by atoms with Gasteiger partial charge in [0, 0.05) is 12.7 Å². The van der Waals surface area contributed by atoms with Crippen LogP contribution in [0.2, 0.25) is 0 Å². The Balaban J connectivity index is 2.23. The third-order valence-corrected chi connectivity index (χ3v) is 3.58. The monoisotopic (exact) mass is 287 g/mol. The van der Waals surface area contributed by atoms with Gasteiger partial charge in [-0.15, -0.1) is 0 Å². The minimum atomic E-state index is -0.324. The molecule has 0 aliphatic carbocycles. The van der Waals surface area contributed by atoms with Crippen molar-refractivity contribution in [2.45, 2.75) is 31.7 Å². The highest BCUT2D eigenvalue weighted by molar-refractivity contribution is 9.10. The third-order valence-electron chi connectivity index (χ3n) is 3.00. The van der Waals surface area contributed by atoms with Crippen LogP contribution in [0.5, 0.6) is 0 Å². The normalized spacial score (nSPS) is 23.1.